The molecule has 1 atom stereocenters. The van der Waals surface area contributed by atoms with Gasteiger partial charge in [-0.05, 0) is 19.8 Å². The first-order chi connectivity index (χ1) is 7.37. The Morgan fingerprint density at radius 3 is 2.75 bits per heavy atom. The van der Waals surface area contributed by atoms with Crippen LogP contribution in [0, 0.1) is 0 Å². The van der Waals surface area contributed by atoms with Crippen molar-refractivity contribution in [3.63, 3.8) is 0 Å². The lowest BCUT2D eigenvalue weighted by Gasteiger charge is -2.25. The first-order valence-corrected chi connectivity index (χ1v) is 8.74. The topological polar surface area (TPSA) is 46.2 Å². The second kappa shape index (κ2) is 5.69. The van der Waals surface area contributed by atoms with Gasteiger partial charge in [-0.2, -0.15) is 0 Å². The van der Waals surface area contributed by atoms with Crippen LogP contribution >= 0.6 is 24.0 Å². The van der Waals surface area contributed by atoms with Crippen LogP contribution in [0.25, 0.3) is 0 Å². The Morgan fingerprint density at radius 1 is 1.56 bits per heavy atom. The molecule has 1 rings (SSSR count). The van der Waals surface area contributed by atoms with Gasteiger partial charge in [-0.1, -0.05) is 37.3 Å². The molecule has 0 unspecified atom stereocenters. The van der Waals surface area contributed by atoms with E-state index >= 15 is 0 Å². The molecular weight excluding hydrogens is 262 g/mol. The Hall–Kier alpha value is 0.190. The second-order valence-corrected chi connectivity index (χ2v) is 8.47. The highest BCUT2D eigenvalue weighted by Gasteiger charge is 2.38. The molecule has 1 aliphatic rings. The zero-order valence-electron chi connectivity index (χ0n) is 9.78. The second-order valence-electron chi connectivity index (χ2n) is 4.52. The summed E-state index contributed by atoms with van der Waals surface area (Å²) in [4.78, 5) is 0. The van der Waals surface area contributed by atoms with Gasteiger partial charge in [0.15, 0.2) is 9.84 Å². The largest absolute Gasteiger partial charge is 0.365 e. The summed E-state index contributed by atoms with van der Waals surface area (Å²) in [6, 6.07) is 0. The van der Waals surface area contributed by atoms with E-state index < -0.39 is 9.84 Å². The van der Waals surface area contributed by atoms with Gasteiger partial charge in [-0.15, -0.1) is 0 Å². The van der Waals surface area contributed by atoms with Crippen LogP contribution in [0.4, 0.5) is 0 Å². The van der Waals surface area contributed by atoms with E-state index in [0.717, 1.165) is 22.9 Å². The molecule has 0 aromatic carbocycles. The smallest absolute Gasteiger partial charge is 0.152 e. The minimum Gasteiger partial charge on any atom is -0.365 e. The molecule has 0 saturated carbocycles. The average molecular weight is 281 g/mol. The molecule has 1 N–H and O–H groups in total. The van der Waals surface area contributed by atoms with Gasteiger partial charge in [0.05, 0.1) is 17.0 Å². The lowest BCUT2D eigenvalue weighted by molar-refractivity contribution is 0.477. The van der Waals surface area contributed by atoms with Gasteiger partial charge in [0, 0.05) is 5.75 Å². The van der Waals surface area contributed by atoms with E-state index in [1.54, 1.807) is 11.8 Å². The van der Waals surface area contributed by atoms with Crippen LogP contribution in [0.1, 0.15) is 33.1 Å². The number of hydrogen-bond acceptors (Lipinski definition) is 4. The summed E-state index contributed by atoms with van der Waals surface area (Å²) >= 11 is 6.82. The Kier molecular flexibility index (Phi) is 5.07. The minimum atomic E-state index is -2.86. The Balaban J connectivity index is 2.39. The van der Waals surface area contributed by atoms with E-state index in [-0.39, 0.29) is 17.0 Å². The van der Waals surface area contributed by atoms with E-state index in [4.69, 9.17) is 12.2 Å². The normalized spacial score (nSPS) is 27.9. The lowest BCUT2D eigenvalue weighted by Crippen LogP contribution is -2.45. The van der Waals surface area contributed by atoms with E-state index in [2.05, 4.69) is 12.2 Å². The number of unbranched alkanes of at least 4 members (excludes halogenated alkanes) is 1. The molecule has 6 heteroatoms. The average Bonchev–Trinajstić information content (AvgIpc) is 2.40. The summed E-state index contributed by atoms with van der Waals surface area (Å²) in [6.45, 7) is 4.08. The van der Waals surface area contributed by atoms with Gasteiger partial charge in [-0.25, -0.2) is 8.42 Å². The van der Waals surface area contributed by atoms with Gasteiger partial charge in [0.2, 0.25) is 0 Å². The maximum Gasteiger partial charge on any atom is 0.152 e. The highest BCUT2D eigenvalue weighted by Crippen LogP contribution is 2.24. The van der Waals surface area contributed by atoms with Crippen molar-refractivity contribution in [3.05, 3.63) is 0 Å². The summed E-state index contributed by atoms with van der Waals surface area (Å²) in [5.74, 6) is 1.48. The number of thioether (sulfide) groups is 1. The first kappa shape index (κ1) is 14.3. The minimum absolute atomic E-state index is 0.203. The van der Waals surface area contributed by atoms with E-state index in [1.807, 2.05) is 6.92 Å². The molecular formula is C10H19NO2S3. The van der Waals surface area contributed by atoms with Gasteiger partial charge in [0.25, 0.3) is 0 Å². The standard InChI is InChI=1S/C10H19NO2S3/c1-3-4-6-15-9(14)11-10(2)5-7-16(12,13)8-10/h3-8H2,1-2H3,(H,11,14)/t10-/m1/s1. The summed E-state index contributed by atoms with van der Waals surface area (Å²) in [6.07, 6.45) is 2.95. The summed E-state index contributed by atoms with van der Waals surface area (Å²) in [5.41, 5.74) is -0.352. The van der Waals surface area contributed by atoms with E-state index in [0.29, 0.717) is 6.42 Å². The monoisotopic (exact) mass is 281 g/mol. The predicted octanol–water partition coefficient (Wildman–Crippen LogP) is 1.97. The van der Waals surface area contributed by atoms with E-state index in [9.17, 15) is 8.42 Å². The number of rotatable bonds is 4. The van der Waals surface area contributed by atoms with Crippen molar-refractivity contribution in [1.29, 1.82) is 0 Å². The van der Waals surface area contributed by atoms with Crippen molar-refractivity contribution < 1.29 is 8.42 Å². The number of nitrogens with one attached hydrogen (secondary N) is 1. The molecule has 0 aromatic rings. The third-order valence-electron chi connectivity index (χ3n) is 2.64. The molecule has 3 nitrogen and oxygen atoms in total. The van der Waals surface area contributed by atoms with Crippen molar-refractivity contribution in [1.82, 2.24) is 5.32 Å². The third-order valence-corrected chi connectivity index (χ3v) is 5.85. The van der Waals surface area contributed by atoms with Crippen molar-refractivity contribution in [2.45, 2.75) is 38.6 Å². The van der Waals surface area contributed by atoms with Crippen molar-refractivity contribution >= 4 is 38.1 Å². The Bertz CT molecular complexity index is 353. The van der Waals surface area contributed by atoms with Crippen LogP contribution in [0.15, 0.2) is 0 Å². The number of sulfone groups is 1. The highest BCUT2D eigenvalue weighted by molar-refractivity contribution is 8.22. The molecule has 1 fully saturated rings. The van der Waals surface area contributed by atoms with Crippen LogP contribution < -0.4 is 5.32 Å². The molecule has 0 amide bonds. The van der Waals surface area contributed by atoms with Crippen LogP contribution in [-0.4, -0.2) is 35.5 Å². The van der Waals surface area contributed by atoms with Gasteiger partial charge >= 0.3 is 0 Å². The molecule has 1 heterocycles. The summed E-state index contributed by atoms with van der Waals surface area (Å²) in [7, 11) is -2.86. The quantitative estimate of drug-likeness (QED) is 0.630. The van der Waals surface area contributed by atoms with Crippen LogP contribution in [-0.2, 0) is 9.84 Å². The van der Waals surface area contributed by atoms with Crippen LogP contribution in [0.5, 0.6) is 0 Å². The third kappa shape index (κ3) is 4.59. The predicted molar refractivity (Wildman–Crippen MR) is 74.8 cm³/mol. The zero-order valence-corrected chi connectivity index (χ0v) is 12.2. The molecule has 94 valence electrons. The zero-order chi connectivity index (χ0) is 12.2. The highest BCUT2D eigenvalue weighted by atomic mass is 32.2. The lowest BCUT2D eigenvalue weighted by atomic mass is 10.0. The van der Waals surface area contributed by atoms with Crippen LogP contribution in [0.2, 0.25) is 0 Å². The molecule has 1 aliphatic heterocycles. The maximum atomic E-state index is 11.4. The molecule has 1 saturated heterocycles. The van der Waals surface area contributed by atoms with Gasteiger partial charge in [0.1, 0.15) is 4.32 Å². The van der Waals surface area contributed by atoms with Gasteiger partial charge < -0.3 is 5.32 Å². The van der Waals surface area contributed by atoms with Crippen molar-refractivity contribution in [2.24, 2.45) is 0 Å². The Morgan fingerprint density at radius 2 is 2.25 bits per heavy atom. The SMILES string of the molecule is CCCCSC(=S)N[C@]1(C)CCS(=O)(=O)C1. The Labute approximate surface area is 108 Å². The maximum absolute atomic E-state index is 11.4. The molecule has 16 heavy (non-hydrogen) atoms. The van der Waals surface area contributed by atoms with Crippen molar-refractivity contribution in [3.8, 4) is 0 Å². The fourth-order valence-corrected chi connectivity index (χ4v) is 5.23. The molecule has 0 radical (unpaired) electrons. The number of thiocarbonyl (C=S) groups is 1. The van der Waals surface area contributed by atoms with Crippen molar-refractivity contribution in [2.75, 3.05) is 17.3 Å². The molecule has 0 aromatic heterocycles. The number of hydrogen-bond donors (Lipinski definition) is 1. The fraction of sp³-hybridized carbons (Fsp3) is 0.900. The summed E-state index contributed by atoms with van der Waals surface area (Å²) < 4.78 is 23.5. The fourth-order valence-electron chi connectivity index (χ4n) is 1.70. The van der Waals surface area contributed by atoms with E-state index in [1.165, 1.54) is 0 Å². The first-order valence-electron chi connectivity index (χ1n) is 5.52. The van der Waals surface area contributed by atoms with Crippen LogP contribution in [0.3, 0.4) is 0 Å². The van der Waals surface area contributed by atoms with Gasteiger partial charge in [-0.3, -0.25) is 0 Å². The summed E-state index contributed by atoms with van der Waals surface area (Å²) in [5, 5.41) is 3.18. The molecule has 0 bridgehead atoms. The molecule has 0 aliphatic carbocycles. The molecule has 0 spiro atoms.